The first-order valence-corrected chi connectivity index (χ1v) is 6.92. The molecule has 0 amide bonds. The van der Waals surface area contributed by atoms with Crippen LogP contribution in [0.1, 0.15) is 37.8 Å². The highest BCUT2D eigenvalue weighted by atomic mass is 14.6. The number of rotatable bonds is 2. The predicted octanol–water partition coefficient (Wildman–Crippen LogP) is 3.15. The quantitative estimate of drug-likeness (QED) is 0.640. The summed E-state index contributed by atoms with van der Waals surface area (Å²) >= 11 is 0. The summed E-state index contributed by atoms with van der Waals surface area (Å²) in [5.74, 6) is 0. The van der Waals surface area contributed by atoms with Gasteiger partial charge in [0.2, 0.25) is 0 Å². The van der Waals surface area contributed by atoms with Crippen molar-refractivity contribution in [3.8, 4) is 11.1 Å². The smallest absolute Gasteiger partial charge is 0.113 e. The number of hydrogen-bond donors (Lipinski definition) is 1. The Kier molecular flexibility index (Phi) is 2.70. The SMILES string of the molecule is [B]c1ccc2c(c1)C(CC)(CC)c1cc(N)ccc1-2. The Morgan fingerprint density at radius 1 is 0.947 bits per heavy atom. The van der Waals surface area contributed by atoms with E-state index in [0.717, 1.165) is 24.0 Å². The minimum absolute atomic E-state index is 0.0649. The lowest BCUT2D eigenvalue weighted by Gasteiger charge is -2.30. The molecular weight excluding hydrogens is 229 g/mol. The van der Waals surface area contributed by atoms with E-state index >= 15 is 0 Å². The molecule has 3 rings (SSSR count). The highest BCUT2D eigenvalue weighted by molar-refractivity contribution is 6.32. The van der Waals surface area contributed by atoms with E-state index in [1.807, 2.05) is 12.1 Å². The molecule has 94 valence electrons. The second kappa shape index (κ2) is 4.16. The van der Waals surface area contributed by atoms with Gasteiger partial charge in [0.25, 0.3) is 0 Å². The third-order valence-electron chi connectivity index (χ3n) is 4.62. The molecular formula is C17H18BN. The summed E-state index contributed by atoms with van der Waals surface area (Å²) in [6.07, 6.45) is 2.13. The largest absolute Gasteiger partial charge is 0.399 e. The lowest BCUT2D eigenvalue weighted by Crippen LogP contribution is -2.24. The van der Waals surface area contributed by atoms with Gasteiger partial charge in [-0.2, -0.15) is 0 Å². The van der Waals surface area contributed by atoms with Crippen LogP contribution >= 0.6 is 0 Å². The molecule has 2 radical (unpaired) electrons. The van der Waals surface area contributed by atoms with Crippen LogP contribution in [-0.2, 0) is 5.41 Å². The molecule has 0 saturated heterocycles. The van der Waals surface area contributed by atoms with E-state index in [1.165, 1.54) is 22.3 Å². The average molecular weight is 247 g/mol. The standard InChI is InChI=1S/C17H18BN/c1-3-17(4-2)15-9-11(18)5-7-13(15)14-8-6-12(19)10-16(14)17/h5-10H,3-4,19H2,1-2H3. The maximum Gasteiger partial charge on any atom is 0.113 e. The van der Waals surface area contributed by atoms with Crippen molar-refractivity contribution in [3.05, 3.63) is 47.5 Å². The van der Waals surface area contributed by atoms with Crippen LogP contribution in [0.5, 0.6) is 0 Å². The molecule has 0 atom stereocenters. The van der Waals surface area contributed by atoms with Crippen molar-refractivity contribution in [3.63, 3.8) is 0 Å². The molecule has 0 saturated carbocycles. The summed E-state index contributed by atoms with van der Waals surface area (Å²) in [5.41, 5.74) is 13.1. The Balaban J connectivity index is 2.38. The van der Waals surface area contributed by atoms with Gasteiger partial charge < -0.3 is 5.73 Å². The van der Waals surface area contributed by atoms with E-state index in [0.29, 0.717) is 0 Å². The van der Waals surface area contributed by atoms with Crippen LogP contribution in [0.25, 0.3) is 11.1 Å². The maximum atomic E-state index is 6.00. The van der Waals surface area contributed by atoms with Gasteiger partial charge in [0, 0.05) is 11.1 Å². The summed E-state index contributed by atoms with van der Waals surface area (Å²) in [4.78, 5) is 0. The van der Waals surface area contributed by atoms with Crippen molar-refractivity contribution in [2.75, 3.05) is 5.73 Å². The minimum atomic E-state index is 0.0649. The molecule has 19 heavy (non-hydrogen) atoms. The Hall–Kier alpha value is -1.70. The second-order valence-corrected chi connectivity index (χ2v) is 5.40. The van der Waals surface area contributed by atoms with E-state index in [1.54, 1.807) is 0 Å². The monoisotopic (exact) mass is 247 g/mol. The summed E-state index contributed by atoms with van der Waals surface area (Å²) in [5, 5.41) is 0. The fraction of sp³-hybridized carbons (Fsp3) is 0.294. The first-order chi connectivity index (χ1) is 9.12. The fourth-order valence-corrected chi connectivity index (χ4v) is 3.54. The van der Waals surface area contributed by atoms with Gasteiger partial charge in [-0.25, -0.2) is 0 Å². The molecule has 2 heteroatoms. The predicted molar refractivity (Wildman–Crippen MR) is 83.0 cm³/mol. The van der Waals surface area contributed by atoms with Crippen molar-refractivity contribution < 1.29 is 0 Å². The van der Waals surface area contributed by atoms with Gasteiger partial charge in [0.05, 0.1) is 0 Å². The molecule has 1 nitrogen and oxygen atoms in total. The van der Waals surface area contributed by atoms with Gasteiger partial charge in [0.1, 0.15) is 7.85 Å². The molecule has 0 aromatic heterocycles. The van der Waals surface area contributed by atoms with E-state index in [2.05, 4.69) is 38.1 Å². The number of hydrogen-bond acceptors (Lipinski definition) is 1. The molecule has 2 aromatic carbocycles. The molecule has 0 unspecified atom stereocenters. The zero-order valence-electron chi connectivity index (χ0n) is 11.5. The second-order valence-electron chi connectivity index (χ2n) is 5.40. The molecule has 0 spiro atoms. The molecule has 0 aliphatic heterocycles. The van der Waals surface area contributed by atoms with Gasteiger partial charge >= 0.3 is 0 Å². The highest BCUT2D eigenvalue weighted by Crippen LogP contribution is 2.52. The van der Waals surface area contributed by atoms with Gasteiger partial charge in [-0.15, -0.1) is 0 Å². The fourth-order valence-electron chi connectivity index (χ4n) is 3.54. The Morgan fingerprint density at radius 2 is 1.53 bits per heavy atom. The van der Waals surface area contributed by atoms with E-state index < -0.39 is 0 Å². The highest BCUT2D eigenvalue weighted by Gasteiger charge is 2.40. The van der Waals surface area contributed by atoms with E-state index in [4.69, 9.17) is 13.6 Å². The topological polar surface area (TPSA) is 26.0 Å². The third kappa shape index (κ3) is 1.56. The minimum Gasteiger partial charge on any atom is -0.399 e. The first-order valence-electron chi connectivity index (χ1n) is 6.92. The lowest BCUT2D eigenvalue weighted by molar-refractivity contribution is 0.491. The molecule has 2 aromatic rings. The summed E-state index contributed by atoms with van der Waals surface area (Å²) in [7, 11) is 6.00. The summed E-state index contributed by atoms with van der Waals surface area (Å²) in [6.45, 7) is 4.49. The zero-order valence-corrected chi connectivity index (χ0v) is 11.5. The van der Waals surface area contributed by atoms with Crippen LogP contribution in [0.3, 0.4) is 0 Å². The number of benzene rings is 2. The summed E-state index contributed by atoms with van der Waals surface area (Å²) < 4.78 is 0. The van der Waals surface area contributed by atoms with E-state index in [9.17, 15) is 0 Å². The van der Waals surface area contributed by atoms with E-state index in [-0.39, 0.29) is 5.41 Å². The number of nitrogen functional groups attached to an aromatic ring is 1. The van der Waals surface area contributed by atoms with Crippen LogP contribution in [0.15, 0.2) is 36.4 Å². The van der Waals surface area contributed by atoms with Gasteiger partial charge in [-0.1, -0.05) is 43.6 Å². The van der Waals surface area contributed by atoms with Crippen LogP contribution in [0.2, 0.25) is 0 Å². The van der Waals surface area contributed by atoms with Crippen molar-refractivity contribution in [2.24, 2.45) is 0 Å². The van der Waals surface area contributed by atoms with Crippen molar-refractivity contribution >= 4 is 19.0 Å². The van der Waals surface area contributed by atoms with Crippen LogP contribution in [0.4, 0.5) is 5.69 Å². The van der Waals surface area contributed by atoms with Crippen LogP contribution < -0.4 is 11.2 Å². The summed E-state index contributed by atoms with van der Waals surface area (Å²) in [6, 6.07) is 12.5. The Labute approximate surface area is 116 Å². The number of anilines is 1. The van der Waals surface area contributed by atoms with Crippen molar-refractivity contribution in [2.45, 2.75) is 32.1 Å². The molecule has 0 bridgehead atoms. The van der Waals surface area contributed by atoms with Crippen LogP contribution in [-0.4, -0.2) is 7.85 Å². The molecule has 0 fully saturated rings. The number of fused-ring (bicyclic) bond motifs is 3. The Morgan fingerprint density at radius 3 is 2.16 bits per heavy atom. The average Bonchev–Trinajstić information content (AvgIpc) is 2.67. The Bertz CT molecular complexity index is 588. The molecule has 1 aliphatic rings. The number of nitrogens with two attached hydrogens (primary N) is 1. The van der Waals surface area contributed by atoms with Gasteiger partial charge in [-0.3, -0.25) is 0 Å². The van der Waals surface area contributed by atoms with Crippen molar-refractivity contribution in [1.82, 2.24) is 0 Å². The van der Waals surface area contributed by atoms with Gasteiger partial charge in [-0.05, 0) is 47.2 Å². The van der Waals surface area contributed by atoms with Gasteiger partial charge in [0.15, 0.2) is 0 Å². The first kappa shape index (κ1) is 12.3. The third-order valence-corrected chi connectivity index (χ3v) is 4.62. The normalized spacial score (nSPS) is 15.1. The molecule has 1 aliphatic carbocycles. The zero-order chi connectivity index (χ0) is 13.6. The molecule has 2 N–H and O–H groups in total. The van der Waals surface area contributed by atoms with Crippen molar-refractivity contribution in [1.29, 1.82) is 0 Å². The molecule has 0 heterocycles. The van der Waals surface area contributed by atoms with Crippen LogP contribution in [0, 0.1) is 0 Å². The lowest BCUT2D eigenvalue weighted by atomic mass is 9.73. The maximum absolute atomic E-state index is 6.00.